The number of carbonyl (C=O) groups excluding carboxylic acids is 1. The van der Waals surface area contributed by atoms with Crippen LogP contribution in [0.5, 0.6) is 5.88 Å². The lowest BCUT2D eigenvalue weighted by Crippen LogP contribution is -2.24. The van der Waals surface area contributed by atoms with Crippen LogP contribution in [-0.2, 0) is 11.3 Å². The zero-order chi connectivity index (χ0) is 18.0. The van der Waals surface area contributed by atoms with Crippen molar-refractivity contribution in [2.24, 2.45) is 0 Å². The van der Waals surface area contributed by atoms with Gasteiger partial charge >= 0.3 is 5.97 Å². The molecule has 0 fully saturated rings. The first-order valence-corrected chi connectivity index (χ1v) is 8.74. The molecule has 0 radical (unpaired) electrons. The zero-order valence-corrected chi connectivity index (χ0v) is 14.6. The summed E-state index contributed by atoms with van der Waals surface area (Å²) in [6, 6.07) is 3.56. The van der Waals surface area contributed by atoms with Crippen LogP contribution in [0.15, 0.2) is 24.3 Å². The van der Waals surface area contributed by atoms with E-state index in [2.05, 4.69) is 4.98 Å². The highest BCUT2D eigenvalue weighted by molar-refractivity contribution is 7.73. The number of ketones is 1. The second kappa shape index (κ2) is 7.12. The van der Waals surface area contributed by atoms with Crippen LogP contribution in [0.25, 0.3) is 12.2 Å². The molecule has 2 aromatic rings. The summed E-state index contributed by atoms with van der Waals surface area (Å²) in [6.45, 7) is 0.331. The van der Waals surface area contributed by atoms with Crippen LogP contribution in [0.3, 0.4) is 0 Å². The van der Waals surface area contributed by atoms with E-state index in [0.717, 1.165) is 5.22 Å². The number of aliphatic carboxylic acids is 1. The van der Waals surface area contributed by atoms with Crippen molar-refractivity contribution in [1.29, 1.82) is 0 Å². The van der Waals surface area contributed by atoms with E-state index in [-0.39, 0.29) is 18.1 Å². The summed E-state index contributed by atoms with van der Waals surface area (Å²) in [5.74, 6) is -1.06. The number of hydrogen-bond donors (Lipinski definition) is 2. The van der Waals surface area contributed by atoms with E-state index in [9.17, 15) is 14.7 Å². The Bertz CT molecular complexity index is 1060. The van der Waals surface area contributed by atoms with Gasteiger partial charge in [-0.3, -0.25) is 14.2 Å². The Labute approximate surface area is 151 Å². The molecule has 0 unspecified atom stereocenters. The van der Waals surface area contributed by atoms with E-state index in [0.29, 0.717) is 32.8 Å². The SMILES string of the molecule is O=C(O)CCCn1c(O)c(/C=c2\ccc3c(n2)C(=O)C=CC=3)sc1=S. The standard InChI is InChI=1S/C17H14N2O4S2/c20-12-4-1-3-10-6-7-11(18-15(10)12)9-13-16(23)19(17(24)25-13)8-2-5-14(21)22/h1,3-4,6-7,9,23H,2,5,8H2,(H,21,22)/b11-9+. The predicted octanol–water partition coefficient (Wildman–Crippen LogP) is 1.61. The van der Waals surface area contributed by atoms with Gasteiger partial charge in [-0.05, 0) is 36.9 Å². The first-order chi connectivity index (χ1) is 12.0. The van der Waals surface area contributed by atoms with Crippen molar-refractivity contribution in [3.63, 3.8) is 0 Å². The second-order valence-corrected chi connectivity index (χ2v) is 7.09. The lowest BCUT2D eigenvalue weighted by Gasteiger charge is -2.03. The molecular formula is C17H14N2O4S2. The van der Waals surface area contributed by atoms with E-state index >= 15 is 0 Å². The van der Waals surface area contributed by atoms with Crippen LogP contribution in [0, 0.1) is 3.95 Å². The Hall–Kier alpha value is -2.58. The van der Waals surface area contributed by atoms with Gasteiger partial charge in [0, 0.05) is 18.2 Å². The number of allylic oxidation sites excluding steroid dienone is 2. The smallest absolute Gasteiger partial charge is 0.303 e. The van der Waals surface area contributed by atoms with Gasteiger partial charge in [-0.15, -0.1) is 11.3 Å². The highest BCUT2D eigenvalue weighted by Crippen LogP contribution is 2.27. The number of carbonyl (C=O) groups is 2. The number of carboxylic acids is 1. The first kappa shape index (κ1) is 17.2. The molecule has 0 aromatic carbocycles. The van der Waals surface area contributed by atoms with E-state index < -0.39 is 5.97 Å². The second-order valence-electron chi connectivity index (χ2n) is 5.41. The Morgan fingerprint density at radius 3 is 2.96 bits per heavy atom. The summed E-state index contributed by atoms with van der Waals surface area (Å²) in [5, 5.41) is 20.3. The van der Waals surface area contributed by atoms with Crippen molar-refractivity contribution < 1.29 is 19.8 Å². The lowest BCUT2D eigenvalue weighted by atomic mass is 10.1. The molecule has 1 aliphatic rings. The molecule has 6 nitrogen and oxygen atoms in total. The highest BCUT2D eigenvalue weighted by Gasteiger charge is 2.12. The average Bonchev–Trinajstić information content (AvgIpc) is 2.83. The molecule has 0 spiro atoms. The molecular weight excluding hydrogens is 360 g/mol. The summed E-state index contributed by atoms with van der Waals surface area (Å²) in [6.07, 6.45) is 7.00. The largest absolute Gasteiger partial charge is 0.493 e. The molecule has 0 saturated heterocycles. The van der Waals surface area contributed by atoms with Crippen molar-refractivity contribution in [2.75, 3.05) is 0 Å². The summed E-state index contributed by atoms with van der Waals surface area (Å²) < 4.78 is 1.97. The molecule has 25 heavy (non-hydrogen) atoms. The number of thiazole rings is 1. The van der Waals surface area contributed by atoms with Crippen LogP contribution in [0.4, 0.5) is 0 Å². The fourth-order valence-electron chi connectivity index (χ4n) is 2.44. The minimum Gasteiger partial charge on any atom is -0.493 e. The molecule has 2 aromatic heterocycles. The van der Waals surface area contributed by atoms with E-state index in [4.69, 9.17) is 17.3 Å². The zero-order valence-electron chi connectivity index (χ0n) is 13.0. The molecule has 2 N–H and O–H groups in total. The van der Waals surface area contributed by atoms with Gasteiger partial charge in [-0.2, -0.15) is 0 Å². The van der Waals surface area contributed by atoms with Crippen LogP contribution in [0.1, 0.15) is 28.2 Å². The van der Waals surface area contributed by atoms with Crippen molar-refractivity contribution in [2.45, 2.75) is 19.4 Å². The Balaban J connectivity index is 1.95. The number of aromatic hydroxyl groups is 1. The topological polar surface area (TPSA) is 92.4 Å². The molecule has 2 heterocycles. The molecule has 3 rings (SSSR count). The van der Waals surface area contributed by atoms with Gasteiger partial charge in [0.1, 0.15) is 5.69 Å². The van der Waals surface area contributed by atoms with Crippen molar-refractivity contribution >= 4 is 47.5 Å². The van der Waals surface area contributed by atoms with Gasteiger partial charge < -0.3 is 10.2 Å². The van der Waals surface area contributed by atoms with Gasteiger partial charge in [-0.1, -0.05) is 18.2 Å². The molecule has 0 atom stereocenters. The molecule has 0 aliphatic heterocycles. The molecule has 8 heteroatoms. The fraction of sp³-hybridized carbons (Fsp3) is 0.176. The maximum Gasteiger partial charge on any atom is 0.303 e. The number of hydrogen-bond acceptors (Lipinski definition) is 6. The van der Waals surface area contributed by atoms with Crippen molar-refractivity contribution in [1.82, 2.24) is 9.55 Å². The molecule has 0 bridgehead atoms. The Morgan fingerprint density at radius 2 is 2.20 bits per heavy atom. The van der Waals surface area contributed by atoms with E-state index in [1.165, 1.54) is 22.0 Å². The number of fused-ring (bicyclic) bond motifs is 1. The number of nitrogens with zero attached hydrogens (tertiary/aromatic N) is 2. The van der Waals surface area contributed by atoms with Gasteiger partial charge in [0.05, 0.1) is 10.2 Å². The fourth-order valence-corrected chi connectivity index (χ4v) is 3.75. The molecule has 0 amide bonds. The van der Waals surface area contributed by atoms with Crippen molar-refractivity contribution in [3.8, 4) is 5.88 Å². The van der Waals surface area contributed by atoms with Gasteiger partial charge in [0.25, 0.3) is 0 Å². The molecule has 128 valence electrons. The Morgan fingerprint density at radius 1 is 1.40 bits per heavy atom. The minimum absolute atomic E-state index is 0.00855. The minimum atomic E-state index is -0.887. The summed E-state index contributed by atoms with van der Waals surface area (Å²) in [7, 11) is 0. The normalized spacial score (nSPS) is 13.6. The van der Waals surface area contributed by atoms with Gasteiger partial charge in [0.15, 0.2) is 3.95 Å². The molecule has 0 saturated carbocycles. The number of carboxylic acid groups (broad SMARTS) is 1. The van der Waals surface area contributed by atoms with Gasteiger partial charge in [0.2, 0.25) is 11.7 Å². The number of aromatic nitrogens is 2. The molecule has 1 aliphatic carbocycles. The maximum atomic E-state index is 11.9. The van der Waals surface area contributed by atoms with E-state index in [1.54, 1.807) is 24.3 Å². The summed E-state index contributed by atoms with van der Waals surface area (Å²) >= 11 is 6.45. The lowest BCUT2D eigenvalue weighted by molar-refractivity contribution is -0.137. The maximum absolute atomic E-state index is 11.9. The van der Waals surface area contributed by atoms with Crippen LogP contribution >= 0.6 is 23.6 Å². The first-order valence-electron chi connectivity index (χ1n) is 7.51. The quantitative estimate of drug-likeness (QED) is 0.773. The third kappa shape index (κ3) is 3.75. The predicted molar refractivity (Wildman–Crippen MR) is 96.7 cm³/mol. The van der Waals surface area contributed by atoms with E-state index in [1.807, 2.05) is 6.08 Å². The third-order valence-electron chi connectivity index (χ3n) is 3.65. The van der Waals surface area contributed by atoms with Crippen LogP contribution in [-0.4, -0.2) is 31.5 Å². The third-order valence-corrected chi connectivity index (χ3v) is 5.04. The summed E-state index contributed by atoms with van der Waals surface area (Å²) in [4.78, 5) is 27.4. The van der Waals surface area contributed by atoms with Crippen molar-refractivity contribution in [3.05, 3.63) is 49.4 Å². The highest BCUT2D eigenvalue weighted by atomic mass is 32.1. The monoisotopic (exact) mass is 374 g/mol. The number of rotatable bonds is 5. The summed E-state index contributed by atoms with van der Waals surface area (Å²) in [5.41, 5.74) is 0.375. The van der Waals surface area contributed by atoms with Crippen LogP contribution < -0.4 is 10.6 Å². The van der Waals surface area contributed by atoms with Crippen LogP contribution in [0.2, 0.25) is 0 Å². The number of pyridine rings is 1. The Kier molecular flexibility index (Phi) is 4.91. The van der Waals surface area contributed by atoms with Gasteiger partial charge in [-0.25, -0.2) is 4.98 Å². The average molecular weight is 374 g/mol.